The number of aromatic nitrogens is 1. The number of nitrogens with zero attached hydrogens (tertiary/aromatic N) is 1. The molecule has 0 bridgehead atoms. The Kier molecular flexibility index (Phi) is 4.63. The molecule has 1 atom stereocenters. The van der Waals surface area contributed by atoms with E-state index in [1.807, 2.05) is 6.92 Å². The van der Waals surface area contributed by atoms with Gasteiger partial charge < -0.3 is 10.1 Å². The summed E-state index contributed by atoms with van der Waals surface area (Å²) < 4.78 is 32.5. The summed E-state index contributed by atoms with van der Waals surface area (Å²) in [5.74, 6) is -1.13. The van der Waals surface area contributed by atoms with Crippen LogP contribution < -0.4 is 10.1 Å². The van der Waals surface area contributed by atoms with Crippen molar-refractivity contribution >= 4 is 0 Å². The predicted octanol–water partition coefficient (Wildman–Crippen LogP) is 3.07. The number of halogens is 2. The molecule has 2 rings (SSSR count). The van der Waals surface area contributed by atoms with Crippen molar-refractivity contribution in [2.24, 2.45) is 0 Å². The lowest BCUT2D eigenvalue weighted by Crippen LogP contribution is -2.23. The molecule has 20 heavy (non-hydrogen) atoms. The maximum atomic E-state index is 14.0. The Morgan fingerprint density at radius 2 is 2.10 bits per heavy atom. The van der Waals surface area contributed by atoms with Crippen LogP contribution in [0.5, 0.6) is 5.75 Å². The van der Waals surface area contributed by atoms with Crippen LogP contribution in [0.2, 0.25) is 0 Å². The molecule has 0 radical (unpaired) electrons. The standard InChI is InChI=1S/C15H16F2N2O/c1-3-19-15(10-7-11(20-2)9-18-8-10)12-5-4-6-13(16)14(12)17/h4-9,15,19H,3H2,1-2H3. The first kappa shape index (κ1) is 14.4. The van der Waals surface area contributed by atoms with Crippen LogP contribution >= 0.6 is 0 Å². The third-order valence-electron chi connectivity index (χ3n) is 3.00. The third-order valence-corrected chi connectivity index (χ3v) is 3.00. The number of benzene rings is 1. The van der Waals surface area contributed by atoms with Gasteiger partial charge in [-0.2, -0.15) is 0 Å². The Labute approximate surface area is 116 Å². The summed E-state index contributed by atoms with van der Waals surface area (Å²) in [6, 6.07) is 5.44. The molecule has 106 valence electrons. The molecule has 1 unspecified atom stereocenters. The van der Waals surface area contributed by atoms with Crippen molar-refractivity contribution in [3.05, 3.63) is 59.4 Å². The number of rotatable bonds is 5. The molecular formula is C15H16F2N2O. The fourth-order valence-electron chi connectivity index (χ4n) is 2.06. The average molecular weight is 278 g/mol. The highest BCUT2D eigenvalue weighted by Gasteiger charge is 2.20. The molecule has 1 aromatic heterocycles. The zero-order chi connectivity index (χ0) is 14.5. The Hall–Kier alpha value is -2.01. The lowest BCUT2D eigenvalue weighted by Gasteiger charge is -2.19. The van der Waals surface area contributed by atoms with E-state index in [1.54, 1.807) is 24.5 Å². The molecule has 0 saturated carbocycles. The zero-order valence-corrected chi connectivity index (χ0v) is 11.4. The molecule has 2 aromatic rings. The summed E-state index contributed by atoms with van der Waals surface area (Å²) in [5.41, 5.74) is 0.970. The highest BCUT2D eigenvalue weighted by Crippen LogP contribution is 2.27. The highest BCUT2D eigenvalue weighted by atomic mass is 19.2. The van der Waals surface area contributed by atoms with Crippen LogP contribution in [0.25, 0.3) is 0 Å². The van der Waals surface area contributed by atoms with Crippen LogP contribution in [-0.4, -0.2) is 18.6 Å². The minimum Gasteiger partial charge on any atom is -0.495 e. The van der Waals surface area contributed by atoms with Crippen molar-refractivity contribution in [1.29, 1.82) is 0 Å². The van der Waals surface area contributed by atoms with Crippen LogP contribution in [0.1, 0.15) is 24.1 Å². The first-order valence-corrected chi connectivity index (χ1v) is 6.33. The van der Waals surface area contributed by atoms with Gasteiger partial charge in [0, 0.05) is 11.8 Å². The van der Waals surface area contributed by atoms with E-state index in [9.17, 15) is 8.78 Å². The molecule has 5 heteroatoms. The Morgan fingerprint density at radius 3 is 2.80 bits per heavy atom. The van der Waals surface area contributed by atoms with E-state index < -0.39 is 17.7 Å². The van der Waals surface area contributed by atoms with Gasteiger partial charge in [-0.15, -0.1) is 0 Å². The number of hydrogen-bond acceptors (Lipinski definition) is 3. The largest absolute Gasteiger partial charge is 0.495 e. The van der Waals surface area contributed by atoms with Crippen molar-refractivity contribution in [3.8, 4) is 5.75 Å². The smallest absolute Gasteiger partial charge is 0.163 e. The monoisotopic (exact) mass is 278 g/mol. The predicted molar refractivity (Wildman–Crippen MR) is 72.7 cm³/mol. The van der Waals surface area contributed by atoms with Crippen LogP contribution in [0.3, 0.4) is 0 Å². The van der Waals surface area contributed by atoms with Gasteiger partial charge in [0.2, 0.25) is 0 Å². The summed E-state index contributed by atoms with van der Waals surface area (Å²) in [5, 5.41) is 3.13. The number of hydrogen-bond donors (Lipinski definition) is 1. The molecule has 1 N–H and O–H groups in total. The molecule has 1 heterocycles. The molecule has 3 nitrogen and oxygen atoms in total. The molecule has 0 fully saturated rings. The van der Waals surface area contributed by atoms with Crippen LogP contribution in [0, 0.1) is 11.6 Å². The molecule has 1 aromatic carbocycles. The van der Waals surface area contributed by atoms with Crippen LogP contribution in [0.4, 0.5) is 8.78 Å². The second kappa shape index (κ2) is 6.43. The van der Waals surface area contributed by atoms with Gasteiger partial charge >= 0.3 is 0 Å². The van der Waals surface area contributed by atoms with E-state index in [2.05, 4.69) is 10.3 Å². The van der Waals surface area contributed by atoms with Crippen LogP contribution in [0.15, 0.2) is 36.7 Å². The van der Waals surface area contributed by atoms with E-state index >= 15 is 0 Å². The summed E-state index contributed by atoms with van der Waals surface area (Å²) in [6.45, 7) is 2.51. The third kappa shape index (κ3) is 2.93. The average Bonchev–Trinajstić information content (AvgIpc) is 2.48. The Morgan fingerprint density at radius 1 is 1.30 bits per heavy atom. The first-order chi connectivity index (χ1) is 9.67. The normalized spacial score (nSPS) is 12.2. The second-order valence-corrected chi connectivity index (χ2v) is 4.29. The van der Waals surface area contributed by atoms with E-state index in [1.165, 1.54) is 13.2 Å². The molecule has 0 saturated heterocycles. The summed E-state index contributed by atoms with van der Waals surface area (Å²) in [4.78, 5) is 4.06. The van der Waals surface area contributed by atoms with Crippen molar-refractivity contribution < 1.29 is 13.5 Å². The maximum absolute atomic E-state index is 14.0. The lowest BCUT2D eigenvalue weighted by atomic mass is 9.99. The van der Waals surface area contributed by atoms with Gasteiger partial charge in [-0.1, -0.05) is 19.1 Å². The fraction of sp³-hybridized carbons (Fsp3) is 0.267. The van der Waals surface area contributed by atoms with Crippen LogP contribution in [-0.2, 0) is 0 Å². The summed E-state index contributed by atoms with van der Waals surface area (Å²) in [6.07, 6.45) is 3.18. The van der Waals surface area contributed by atoms with Gasteiger partial charge in [-0.05, 0) is 24.2 Å². The quantitative estimate of drug-likeness (QED) is 0.912. The first-order valence-electron chi connectivity index (χ1n) is 6.33. The van der Waals surface area contributed by atoms with Gasteiger partial charge in [0.25, 0.3) is 0 Å². The van der Waals surface area contributed by atoms with Gasteiger partial charge in [0.15, 0.2) is 11.6 Å². The molecule has 0 aliphatic heterocycles. The Balaban J connectivity index is 2.47. The van der Waals surface area contributed by atoms with Crippen molar-refractivity contribution in [2.45, 2.75) is 13.0 Å². The molecular weight excluding hydrogens is 262 g/mol. The van der Waals surface area contributed by atoms with E-state index in [0.29, 0.717) is 12.3 Å². The molecule has 0 spiro atoms. The maximum Gasteiger partial charge on any atom is 0.163 e. The summed E-state index contributed by atoms with van der Waals surface area (Å²) in [7, 11) is 1.53. The number of ether oxygens (including phenoxy) is 1. The van der Waals surface area contributed by atoms with E-state index in [4.69, 9.17) is 4.74 Å². The fourth-order valence-corrected chi connectivity index (χ4v) is 2.06. The zero-order valence-electron chi connectivity index (χ0n) is 11.4. The van der Waals surface area contributed by atoms with Gasteiger partial charge in [-0.3, -0.25) is 4.98 Å². The lowest BCUT2D eigenvalue weighted by molar-refractivity contribution is 0.411. The molecule has 0 aliphatic carbocycles. The Bertz CT molecular complexity index is 590. The van der Waals surface area contributed by atoms with Gasteiger partial charge in [0.05, 0.1) is 19.3 Å². The highest BCUT2D eigenvalue weighted by molar-refractivity contribution is 5.35. The SMILES string of the molecule is CCNC(c1cncc(OC)c1)c1cccc(F)c1F. The number of methoxy groups -OCH3 is 1. The van der Waals surface area contributed by atoms with Crippen molar-refractivity contribution in [1.82, 2.24) is 10.3 Å². The van der Waals surface area contributed by atoms with E-state index in [0.717, 1.165) is 11.6 Å². The number of nitrogens with one attached hydrogen (secondary N) is 1. The van der Waals surface area contributed by atoms with Gasteiger partial charge in [0.1, 0.15) is 5.75 Å². The summed E-state index contributed by atoms with van der Waals surface area (Å²) >= 11 is 0. The van der Waals surface area contributed by atoms with E-state index in [-0.39, 0.29) is 5.56 Å². The van der Waals surface area contributed by atoms with Crippen molar-refractivity contribution in [2.75, 3.05) is 13.7 Å². The molecule has 0 aliphatic rings. The topological polar surface area (TPSA) is 34.2 Å². The minimum atomic E-state index is -0.860. The number of pyridine rings is 1. The van der Waals surface area contributed by atoms with Crippen molar-refractivity contribution in [3.63, 3.8) is 0 Å². The molecule has 0 amide bonds. The van der Waals surface area contributed by atoms with Gasteiger partial charge in [-0.25, -0.2) is 8.78 Å². The minimum absolute atomic E-state index is 0.252. The second-order valence-electron chi connectivity index (χ2n) is 4.29.